The van der Waals surface area contributed by atoms with Crippen LogP contribution in [0.5, 0.6) is 5.75 Å². The normalized spacial score (nSPS) is 12.6. The minimum atomic E-state index is -1.74. The van der Waals surface area contributed by atoms with Gasteiger partial charge in [-0.25, -0.2) is 0 Å². The molecule has 110 valence electrons. The van der Waals surface area contributed by atoms with E-state index in [1.807, 2.05) is 0 Å². The summed E-state index contributed by atoms with van der Waals surface area (Å²) in [6, 6.07) is 8.23. The Morgan fingerprint density at radius 2 is 1.40 bits per heavy atom. The summed E-state index contributed by atoms with van der Waals surface area (Å²) in [6.45, 7) is 18.1. The molecule has 0 saturated carbocycles. The topological polar surface area (TPSA) is 9.23 Å². The van der Waals surface area contributed by atoms with Gasteiger partial charge in [-0.05, 0) is 42.4 Å². The van der Waals surface area contributed by atoms with Crippen molar-refractivity contribution in [3.8, 4) is 17.2 Å². The van der Waals surface area contributed by atoms with Crippen molar-refractivity contribution in [1.82, 2.24) is 0 Å². The number of rotatable bonds is 2. The van der Waals surface area contributed by atoms with Crippen molar-refractivity contribution in [2.75, 3.05) is 0 Å². The zero-order valence-electron chi connectivity index (χ0n) is 14.2. The molecule has 20 heavy (non-hydrogen) atoms. The van der Waals surface area contributed by atoms with Gasteiger partial charge in [-0.15, -0.1) is 5.54 Å². The average molecular weight is 305 g/mol. The third-order valence-electron chi connectivity index (χ3n) is 3.62. The van der Waals surface area contributed by atoms with Crippen molar-refractivity contribution in [1.29, 1.82) is 0 Å². The van der Waals surface area contributed by atoms with Gasteiger partial charge in [0, 0.05) is 5.56 Å². The highest BCUT2D eigenvalue weighted by molar-refractivity contribution is 6.83. The van der Waals surface area contributed by atoms with Crippen LogP contribution in [0.25, 0.3) is 0 Å². The molecule has 0 spiro atoms. The predicted molar refractivity (Wildman–Crippen MR) is 94.5 cm³/mol. The zero-order chi connectivity index (χ0) is 15.6. The Balaban J connectivity index is 2.85. The summed E-state index contributed by atoms with van der Waals surface area (Å²) in [5.74, 6) is 4.24. The van der Waals surface area contributed by atoms with Crippen LogP contribution in [0.3, 0.4) is 0 Å². The Labute approximate surface area is 126 Å². The Hall–Kier alpha value is -0.986. The quantitative estimate of drug-likeness (QED) is 0.532. The van der Waals surface area contributed by atoms with Crippen LogP contribution in [0.15, 0.2) is 24.3 Å². The molecule has 1 aromatic carbocycles. The van der Waals surface area contributed by atoms with Gasteiger partial charge in [0.2, 0.25) is 8.32 Å². The fourth-order valence-electron chi connectivity index (χ4n) is 1.31. The lowest BCUT2D eigenvalue weighted by Crippen LogP contribution is -2.43. The molecule has 0 atom stereocenters. The molecule has 0 aliphatic rings. The Morgan fingerprint density at radius 3 is 1.80 bits per heavy atom. The van der Waals surface area contributed by atoms with Crippen LogP contribution >= 0.6 is 0 Å². The van der Waals surface area contributed by atoms with Gasteiger partial charge in [-0.2, -0.15) is 0 Å². The SMILES string of the molecule is CC(C)(C)[Si](C)(C)Oc1ccc(C#C[Si](C)(C)C)cc1. The van der Waals surface area contributed by atoms with Gasteiger partial charge >= 0.3 is 0 Å². The van der Waals surface area contributed by atoms with E-state index < -0.39 is 16.4 Å². The monoisotopic (exact) mass is 304 g/mol. The first kappa shape index (κ1) is 17.1. The van der Waals surface area contributed by atoms with Gasteiger partial charge in [-0.3, -0.25) is 0 Å². The second kappa shape index (κ2) is 5.79. The molecule has 0 aliphatic carbocycles. The molecular weight excluding hydrogens is 276 g/mol. The molecule has 0 saturated heterocycles. The fourth-order valence-corrected chi connectivity index (χ4v) is 2.86. The Bertz CT molecular complexity index is 505. The average Bonchev–Trinajstić information content (AvgIpc) is 2.25. The number of hydrogen-bond acceptors (Lipinski definition) is 1. The minimum absolute atomic E-state index is 0.226. The second-order valence-corrected chi connectivity index (χ2v) is 17.4. The maximum absolute atomic E-state index is 6.27. The van der Waals surface area contributed by atoms with E-state index in [4.69, 9.17) is 4.43 Å². The van der Waals surface area contributed by atoms with Gasteiger partial charge in [0.25, 0.3) is 0 Å². The summed E-state index contributed by atoms with van der Waals surface area (Å²) in [4.78, 5) is 0. The van der Waals surface area contributed by atoms with Crippen molar-refractivity contribution < 1.29 is 4.43 Å². The van der Waals surface area contributed by atoms with Crippen molar-refractivity contribution in [3.05, 3.63) is 29.8 Å². The Kier molecular flexibility index (Phi) is 4.94. The zero-order valence-corrected chi connectivity index (χ0v) is 16.2. The highest BCUT2D eigenvalue weighted by Gasteiger charge is 2.38. The first-order chi connectivity index (χ1) is 8.91. The maximum Gasteiger partial charge on any atom is 0.250 e. The molecule has 3 heteroatoms. The summed E-state index contributed by atoms with van der Waals surface area (Å²) in [6.07, 6.45) is 0. The molecule has 0 aromatic heterocycles. The van der Waals surface area contributed by atoms with E-state index in [-0.39, 0.29) is 5.04 Å². The number of benzene rings is 1. The highest BCUT2D eigenvalue weighted by atomic mass is 28.4. The number of hydrogen-bond donors (Lipinski definition) is 0. The molecule has 0 amide bonds. The molecule has 0 heterocycles. The second-order valence-electron chi connectivity index (χ2n) is 7.89. The van der Waals surface area contributed by atoms with Gasteiger partial charge in [0.15, 0.2) is 0 Å². The molecule has 1 aromatic rings. The molecule has 1 nitrogen and oxygen atoms in total. The predicted octanol–water partition coefficient (Wildman–Crippen LogP) is 5.30. The van der Waals surface area contributed by atoms with E-state index in [1.165, 1.54) is 0 Å². The molecule has 0 aliphatic heterocycles. The van der Waals surface area contributed by atoms with Gasteiger partial charge in [0.05, 0.1) is 0 Å². The van der Waals surface area contributed by atoms with Crippen LogP contribution in [-0.2, 0) is 0 Å². The molecule has 0 bridgehead atoms. The third kappa shape index (κ3) is 5.18. The molecule has 0 N–H and O–H groups in total. The van der Waals surface area contributed by atoms with E-state index in [2.05, 4.69) is 89.2 Å². The lowest BCUT2D eigenvalue weighted by atomic mass is 10.2. The van der Waals surface area contributed by atoms with E-state index in [0.717, 1.165) is 11.3 Å². The molecular formula is C17H28OSi2. The summed E-state index contributed by atoms with van der Waals surface area (Å²) >= 11 is 0. The first-order valence-corrected chi connectivity index (χ1v) is 13.6. The standard InChI is InChI=1S/C17H28OSi2/c1-17(2,3)20(7,8)18-16-11-9-15(10-12-16)13-14-19(4,5)6/h9-12H,1-8H3. The lowest BCUT2D eigenvalue weighted by Gasteiger charge is -2.36. The van der Waals surface area contributed by atoms with Crippen LogP contribution in [0, 0.1) is 11.5 Å². The van der Waals surface area contributed by atoms with Gasteiger partial charge in [-0.1, -0.05) is 46.3 Å². The maximum atomic E-state index is 6.27. The van der Waals surface area contributed by atoms with Crippen molar-refractivity contribution in [2.24, 2.45) is 0 Å². The van der Waals surface area contributed by atoms with E-state index >= 15 is 0 Å². The van der Waals surface area contributed by atoms with Crippen LogP contribution in [0.1, 0.15) is 26.3 Å². The fraction of sp³-hybridized carbons (Fsp3) is 0.529. The first-order valence-electron chi connectivity index (χ1n) is 7.23. The van der Waals surface area contributed by atoms with E-state index in [1.54, 1.807) is 0 Å². The Morgan fingerprint density at radius 1 is 0.900 bits per heavy atom. The molecule has 1 rings (SSSR count). The van der Waals surface area contributed by atoms with Gasteiger partial charge in [0.1, 0.15) is 13.8 Å². The van der Waals surface area contributed by atoms with Crippen LogP contribution in [-0.4, -0.2) is 16.4 Å². The lowest BCUT2D eigenvalue weighted by molar-refractivity contribution is 0.492. The summed E-state index contributed by atoms with van der Waals surface area (Å²) in [5, 5.41) is 0.226. The smallest absolute Gasteiger partial charge is 0.250 e. The van der Waals surface area contributed by atoms with Crippen molar-refractivity contribution >= 4 is 16.4 Å². The van der Waals surface area contributed by atoms with Crippen molar-refractivity contribution in [3.63, 3.8) is 0 Å². The summed E-state index contributed by atoms with van der Waals surface area (Å²) in [7, 11) is -3.04. The minimum Gasteiger partial charge on any atom is -0.544 e. The molecule has 0 fully saturated rings. The van der Waals surface area contributed by atoms with Crippen LogP contribution in [0.4, 0.5) is 0 Å². The van der Waals surface area contributed by atoms with Crippen molar-refractivity contribution in [2.45, 2.75) is 58.5 Å². The summed E-state index contributed by atoms with van der Waals surface area (Å²) < 4.78 is 6.27. The largest absolute Gasteiger partial charge is 0.544 e. The molecule has 0 unspecified atom stereocenters. The third-order valence-corrected chi connectivity index (χ3v) is 8.85. The van der Waals surface area contributed by atoms with E-state index in [0.29, 0.717) is 0 Å². The van der Waals surface area contributed by atoms with Gasteiger partial charge < -0.3 is 4.43 Å². The van der Waals surface area contributed by atoms with Crippen LogP contribution < -0.4 is 4.43 Å². The van der Waals surface area contributed by atoms with Crippen LogP contribution in [0.2, 0.25) is 37.8 Å². The summed E-state index contributed by atoms with van der Waals surface area (Å²) in [5.41, 5.74) is 4.47. The van der Waals surface area contributed by atoms with E-state index in [9.17, 15) is 0 Å². The molecule has 0 radical (unpaired) electrons. The highest BCUT2D eigenvalue weighted by Crippen LogP contribution is 2.37.